The van der Waals surface area contributed by atoms with Gasteiger partial charge in [0.2, 0.25) is 0 Å². The van der Waals surface area contributed by atoms with Crippen molar-refractivity contribution in [1.29, 1.82) is 0 Å². The minimum atomic E-state index is -0.445. The third-order valence-electron chi connectivity index (χ3n) is 5.33. The highest BCUT2D eigenvalue weighted by Gasteiger charge is 2.38. The Balaban J connectivity index is 1.47. The molecule has 0 spiro atoms. The van der Waals surface area contributed by atoms with Gasteiger partial charge in [-0.15, -0.1) is 0 Å². The number of imidazole rings is 2. The van der Waals surface area contributed by atoms with E-state index < -0.39 is 6.04 Å². The number of aromatic nitrogens is 5. The number of nitrogens with zero attached hydrogens (tertiary/aromatic N) is 4. The van der Waals surface area contributed by atoms with Crippen molar-refractivity contribution in [2.45, 2.75) is 12.5 Å². The average molecular weight is 384 g/mol. The molecule has 1 aliphatic heterocycles. The number of hydrogen-bond donors (Lipinski definition) is 2. The highest BCUT2D eigenvalue weighted by atomic mass is 16.4. The molecular weight excluding hydrogens is 368 g/mol. The molecule has 0 unspecified atom stereocenters. The summed E-state index contributed by atoms with van der Waals surface area (Å²) in [5, 5.41) is 0. The predicted molar refractivity (Wildman–Crippen MR) is 105 cm³/mol. The average Bonchev–Trinajstić information content (AvgIpc) is 3.49. The quantitative estimate of drug-likeness (QED) is 0.486. The second-order valence-corrected chi connectivity index (χ2v) is 7.04. The van der Waals surface area contributed by atoms with E-state index in [0.29, 0.717) is 29.9 Å². The molecule has 2 aromatic carbocycles. The Hall–Kier alpha value is -3.94. The summed E-state index contributed by atoms with van der Waals surface area (Å²) in [5.41, 5.74) is 4.82. The topological polar surface area (TPSA) is 104 Å². The van der Waals surface area contributed by atoms with Gasteiger partial charge < -0.3 is 19.3 Å². The van der Waals surface area contributed by atoms with Gasteiger partial charge in [0.15, 0.2) is 5.58 Å². The zero-order valence-corrected chi connectivity index (χ0v) is 15.3. The van der Waals surface area contributed by atoms with Crippen LogP contribution in [0.5, 0.6) is 0 Å². The second-order valence-electron chi connectivity index (χ2n) is 7.04. The molecule has 1 amide bonds. The molecule has 8 nitrogen and oxygen atoms in total. The summed E-state index contributed by atoms with van der Waals surface area (Å²) in [6.07, 6.45) is 2.34. The number of rotatable bonds is 2. The van der Waals surface area contributed by atoms with Crippen LogP contribution in [0.2, 0.25) is 0 Å². The summed E-state index contributed by atoms with van der Waals surface area (Å²) in [6.45, 7) is 0.508. The highest BCUT2D eigenvalue weighted by Crippen LogP contribution is 2.34. The molecule has 3 aromatic heterocycles. The molecule has 6 rings (SSSR count). The van der Waals surface area contributed by atoms with Gasteiger partial charge in [0.25, 0.3) is 5.89 Å². The third-order valence-corrected chi connectivity index (χ3v) is 5.33. The van der Waals surface area contributed by atoms with E-state index in [1.165, 1.54) is 0 Å². The molecule has 4 heterocycles. The number of oxazole rings is 1. The Morgan fingerprint density at radius 3 is 2.76 bits per heavy atom. The molecule has 5 aromatic rings. The van der Waals surface area contributed by atoms with Gasteiger partial charge in [-0.25, -0.2) is 15.0 Å². The lowest BCUT2D eigenvalue weighted by Crippen LogP contribution is -2.41. The summed E-state index contributed by atoms with van der Waals surface area (Å²) in [7, 11) is 0. The minimum Gasteiger partial charge on any atom is -0.432 e. The Bertz CT molecular complexity index is 1300. The zero-order valence-electron chi connectivity index (χ0n) is 15.3. The molecule has 0 fully saturated rings. The van der Waals surface area contributed by atoms with Crippen LogP contribution in [-0.4, -0.2) is 42.3 Å². The van der Waals surface area contributed by atoms with E-state index in [-0.39, 0.29) is 11.8 Å². The van der Waals surface area contributed by atoms with Crippen LogP contribution in [-0.2, 0) is 6.42 Å². The van der Waals surface area contributed by atoms with Gasteiger partial charge in [0, 0.05) is 18.7 Å². The normalized spacial score (nSPS) is 16.4. The van der Waals surface area contributed by atoms with Gasteiger partial charge in [-0.2, -0.15) is 0 Å². The van der Waals surface area contributed by atoms with E-state index in [9.17, 15) is 4.79 Å². The molecule has 0 aliphatic carbocycles. The molecule has 0 radical (unpaired) electrons. The molecule has 0 saturated heterocycles. The smallest absolute Gasteiger partial charge is 0.310 e. The van der Waals surface area contributed by atoms with Crippen LogP contribution in [0, 0.1) is 0 Å². The molecule has 2 N–H and O–H groups in total. The van der Waals surface area contributed by atoms with Crippen molar-refractivity contribution in [3.63, 3.8) is 0 Å². The number of carbonyl (C=O) groups excluding carboxylic acids is 1. The first-order chi connectivity index (χ1) is 14.3. The number of fused-ring (bicyclic) bond motifs is 3. The largest absolute Gasteiger partial charge is 0.432 e. The van der Waals surface area contributed by atoms with Crippen LogP contribution in [0.25, 0.3) is 22.1 Å². The SMILES string of the molecule is O=C(c1nc2ccccc2o1)N1CCc2[nH]cnc2[C@H]1c1nc2ccccc2[nH]1. The second kappa shape index (κ2) is 6.03. The van der Waals surface area contributed by atoms with Gasteiger partial charge in [-0.3, -0.25) is 4.79 Å². The van der Waals surface area contributed by atoms with Crippen LogP contribution in [0.3, 0.4) is 0 Å². The van der Waals surface area contributed by atoms with Crippen molar-refractivity contribution in [2.75, 3.05) is 6.54 Å². The summed E-state index contributed by atoms with van der Waals surface area (Å²) in [4.78, 5) is 35.3. The van der Waals surface area contributed by atoms with E-state index in [1.54, 1.807) is 17.3 Å². The highest BCUT2D eigenvalue weighted by molar-refractivity contribution is 5.93. The molecule has 29 heavy (non-hydrogen) atoms. The Morgan fingerprint density at radius 2 is 1.90 bits per heavy atom. The number of nitrogens with one attached hydrogen (secondary N) is 2. The Labute approximate surface area is 164 Å². The van der Waals surface area contributed by atoms with Crippen LogP contribution >= 0.6 is 0 Å². The standard InChI is InChI=1S/C21H16N6O2/c28-21(20-26-14-7-3-4-8-16(14)29-20)27-10-9-15-17(23-11-22-15)18(27)19-24-12-5-1-2-6-13(12)25-19/h1-8,11,18H,9-10H2,(H,22,23)(H,24,25)/t18-/m0/s1. The van der Waals surface area contributed by atoms with Crippen molar-refractivity contribution in [2.24, 2.45) is 0 Å². The van der Waals surface area contributed by atoms with Gasteiger partial charge in [0.1, 0.15) is 17.4 Å². The summed E-state index contributed by atoms with van der Waals surface area (Å²) in [5.74, 6) is 0.468. The first-order valence-corrected chi connectivity index (χ1v) is 9.41. The Kier molecular flexibility index (Phi) is 3.34. The van der Waals surface area contributed by atoms with Gasteiger partial charge >= 0.3 is 5.91 Å². The van der Waals surface area contributed by atoms with Gasteiger partial charge in [-0.1, -0.05) is 24.3 Å². The lowest BCUT2D eigenvalue weighted by molar-refractivity contribution is 0.0646. The number of H-pyrrole nitrogens is 2. The molecule has 0 saturated carbocycles. The zero-order chi connectivity index (χ0) is 19.4. The molecule has 1 atom stereocenters. The minimum absolute atomic E-state index is 0.0753. The van der Waals surface area contributed by atoms with E-state index in [1.807, 2.05) is 42.5 Å². The Morgan fingerprint density at radius 1 is 1.07 bits per heavy atom. The monoisotopic (exact) mass is 384 g/mol. The first-order valence-electron chi connectivity index (χ1n) is 9.41. The maximum absolute atomic E-state index is 13.4. The van der Waals surface area contributed by atoms with Gasteiger partial charge in [0.05, 0.1) is 23.1 Å². The number of amides is 1. The number of aromatic amines is 2. The summed E-state index contributed by atoms with van der Waals surface area (Å²) in [6, 6.07) is 14.7. The van der Waals surface area contributed by atoms with Crippen molar-refractivity contribution in [3.8, 4) is 0 Å². The van der Waals surface area contributed by atoms with Gasteiger partial charge in [-0.05, 0) is 24.3 Å². The van der Waals surface area contributed by atoms with Crippen molar-refractivity contribution in [1.82, 2.24) is 29.8 Å². The predicted octanol–water partition coefficient (Wildman–Crippen LogP) is 3.22. The molecule has 8 heteroatoms. The van der Waals surface area contributed by atoms with Crippen LogP contribution in [0.15, 0.2) is 59.3 Å². The number of carbonyl (C=O) groups is 1. The fourth-order valence-electron chi connectivity index (χ4n) is 3.96. The van der Waals surface area contributed by atoms with Crippen LogP contribution in [0.4, 0.5) is 0 Å². The summed E-state index contributed by atoms with van der Waals surface area (Å²) < 4.78 is 5.73. The number of para-hydroxylation sites is 4. The maximum atomic E-state index is 13.4. The fourth-order valence-corrected chi connectivity index (χ4v) is 3.96. The number of hydrogen-bond acceptors (Lipinski definition) is 5. The van der Waals surface area contributed by atoms with Crippen molar-refractivity contribution >= 4 is 28.0 Å². The van der Waals surface area contributed by atoms with Crippen molar-refractivity contribution < 1.29 is 9.21 Å². The third kappa shape index (κ3) is 2.46. The van der Waals surface area contributed by atoms with E-state index >= 15 is 0 Å². The van der Waals surface area contributed by atoms with E-state index in [0.717, 1.165) is 22.4 Å². The van der Waals surface area contributed by atoms with E-state index in [4.69, 9.17) is 9.40 Å². The van der Waals surface area contributed by atoms with E-state index in [2.05, 4.69) is 19.9 Å². The molecule has 0 bridgehead atoms. The lowest BCUT2D eigenvalue weighted by atomic mass is 10.0. The molecule has 142 valence electrons. The first kappa shape index (κ1) is 16.1. The van der Waals surface area contributed by atoms with Crippen LogP contribution < -0.4 is 0 Å². The maximum Gasteiger partial charge on any atom is 0.310 e. The molecule has 1 aliphatic rings. The number of benzene rings is 2. The summed E-state index contributed by atoms with van der Waals surface area (Å²) >= 11 is 0. The van der Waals surface area contributed by atoms with Crippen LogP contribution in [0.1, 0.15) is 33.9 Å². The fraction of sp³-hybridized carbons (Fsp3) is 0.143. The lowest BCUT2D eigenvalue weighted by Gasteiger charge is -2.32. The van der Waals surface area contributed by atoms with Crippen molar-refractivity contribution in [3.05, 3.63) is 78.0 Å². The molecular formula is C21H16N6O2.